The molecule has 8 nitrogen and oxygen atoms in total. The number of fused-ring (bicyclic) bond motifs is 1. The van der Waals surface area contributed by atoms with E-state index in [9.17, 15) is 27.9 Å². The van der Waals surface area contributed by atoms with Crippen LogP contribution in [0.15, 0.2) is 36.5 Å². The van der Waals surface area contributed by atoms with Gasteiger partial charge in [-0.3, -0.25) is 10.3 Å². The quantitative estimate of drug-likeness (QED) is 0.383. The number of aromatic nitrogens is 3. The molecule has 2 N–H and O–H groups in total. The van der Waals surface area contributed by atoms with Crippen LogP contribution in [0.1, 0.15) is 47.3 Å². The number of carboxylic acids is 1. The van der Waals surface area contributed by atoms with Crippen molar-refractivity contribution >= 4 is 36.8 Å². The van der Waals surface area contributed by atoms with Gasteiger partial charge in [0.1, 0.15) is 11.4 Å². The van der Waals surface area contributed by atoms with Gasteiger partial charge < -0.3 is 9.63 Å². The molecule has 0 aliphatic carbocycles. The van der Waals surface area contributed by atoms with E-state index in [2.05, 4.69) is 15.6 Å². The highest BCUT2D eigenvalue weighted by Gasteiger charge is 2.38. The van der Waals surface area contributed by atoms with Gasteiger partial charge in [-0.25, -0.2) is 14.5 Å². The number of alkyl halides is 3. The number of carboxylic acid groups (broad SMARTS) is 1. The second-order valence-electron chi connectivity index (χ2n) is 9.01. The molecule has 2 heterocycles. The zero-order valence-corrected chi connectivity index (χ0v) is 19.6. The number of carbonyl (C=O) groups excluding carboxylic acids is 1. The molecule has 0 unspecified atom stereocenters. The van der Waals surface area contributed by atoms with Gasteiger partial charge in [0.25, 0.3) is 5.91 Å². The third-order valence-corrected chi connectivity index (χ3v) is 9.79. The Hall–Kier alpha value is -3.25. The first-order valence-electron chi connectivity index (χ1n) is 9.90. The summed E-state index contributed by atoms with van der Waals surface area (Å²) in [5, 5.41) is 13.9. The van der Waals surface area contributed by atoms with E-state index < -0.39 is 37.8 Å². The molecule has 0 radical (unpaired) electrons. The summed E-state index contributed by atoms with van der Waals surface area (Å²) in [4.78, 5) is 27.8. The fourth-order valence-electron chi connectivity index (χ4n) is 2.60. The van der Waals surface area contributed by atoms with Crippen LogP contribution < -0.4 is 5.48 Å². The lowest BCUT2D eigenvalue weighted by molar-refractivity contribution is -0.141. The molecule has 2 aromatic heterocycles. The van der Waals surface area contributed by atoms with Crippen molar-refractivity contribution in [2.24, 2.45) is 0 Å². The number of pyridine rings is 1. The van der Waals surface area contributed by atoms with Crippen LogP contribution in [0.2, 0.25) is 18.1 Å². The van der Waals surface area contributed by atoms with E-state index in [0.29, 0.717) is 5.39 Å². The molecule has 1 aromatic carbocycles. The molecule has 3 rings (SSSR count). The SMILES string of the molecule is CC(C)(C)[Si](C)(C)ONc1cc2cn(C(=O)c3cccc(C(F)(F)F)n3)nc2cc1C(=O)O. The van der Waals surface area contributed by atoms with Crippen molar-refractivity contribution in [3.63, 3.8) is 0 Å². The molecular weight excluding hydrogens is 457 g/mol. The van der Waals surface area contributed by atoms with Crippen LogP contribution in [0.3, 0.4) is 0 Å². The molecule has 0 saturated carbocycles. The van der Waals surface area contributed by atoms with E-state index in [1.165, 1.54) is 18.3 Å². The summed E-state index contributed by atoms with van der Waals surface area (Å²) < 4.78 is 45.5. The molecule has 0 atom stereocenters. The third-order valence-electron chi connectivity index (χ3n) is 5.56. The van der Waals surface area contributed by atoms with Crippen LogP contribution in [0.4, 0.5) is 18.9 Å². The molecule has 0 aliphatic rings. The third kappa shape index (κ3) is 5.06. The first kappa shape index (κ1) is 24.4. The monoisotopic (exact) mass is 480 g/mol. The Morgan fingerprint density at radius 1 is 1.15 bits per heavy atom. The summed E-state index contributed by atoms with van der Waals surface area (Å²) in [6.45, 7) is 10.1. The lowest BCUT2D eigenvalue weighted by Crippen LogP contribution is -2.42. The fraction of sp³-hybridized carbons (Fsp3) is 0.333. The van der Waals surface area contributed by atoms with Gasteiger partial charge in [0.2, 0.25) is 8.32 Å². The lowest BCUT2D eigenvalue weighted by atomic mass is 10.1. The van der Waals surface area contributed by atoms with Crippen molar-refractivity contribution < 1.29 is 32.4 Å². The first-order chi connectivity index (χ1) is 15.1. The number of benzene rings is 1. The highest BCUT2D eigenvalue weighted by atomic mass is 28.4. The number of carbonyl (C=O) groups is 2. The molecule has 0 spiro atoms. The highest BCUT2D eigenvalue weighted by Crippen LogP contribution is 2.37. The molecular formula is C21H23F3N4O4Si. The molecule has 0 amide bonds. The first-order valence-corrected chi connectivity index (χ1v) is 12.8. The number of hydrogen-bond acceptors (Lipinski definition) is 6. The van der Waals surface area contributed by atoms with Crippen LogP contribution in [-0.4, -0.2) is 40.1 Å². The fourth-order valence-corrected chi connectivity index (χ4v) is 3.27. The standard InChI is InChI=1S/C21H23F3N4O4Si/c1-20(2,3)33(4,5)32-27-16-9-12-11-28(26-15(12)10-13(16)19(30)31)18(29)14-7-6-8-17(25-14)21(22,23)24/h6-11,27H,1-5H3,(H,30,31). The predicted octanol–water partition coefficient (Wildman–Crippen LogP) is 5.19. The molecule has 0 saturated heterocycles. The van der Waals surface area contributed by atoms with Gasteiger partial charge in [0.05, 0.1) is 16.8 Å². The van der Waals surface area contributed by atoms with Crippen LogP contribution in [-0.2, 0) is 10.7 Å². The molecule has 0 fully saturated rings. The number of halogens is 3. The minimum absolute atomic E-state index is 0.129. The van der Waals surface area contributed by atoms with Crippen molar-refractivity contribution in [3.05, 3.63) is 53.5 Å². The molecule has 12 heteroatoms. The molecule has 0 bridgehead atoms. The van der Waals surface area contributed by atoms with Gasteiger partial charge >= 0.3 is 12.1 Å². The molecule has 33 heavy (non-hydrogen) atoms. The topological polar surface area (TPSA) is 106 Å². The Bertz CT molecular complexity index is 1230. The van der Waals surface area contributed by atoms with Crippen molar-refractivity contribution in [2.75, 3.05) is 5.48 Å². The molecule has 3 aromatic rings. The van der Waals surface area contributed by atoms with E-state index in [1.54, 1.807) is 0 Å². The van der Waals surface area contributed by atoms with Gasteiger partial charge in [-0.1, -0.05) is 26.8 Å². The minimum atomic E-state index is -4.70. The number of nitrogens with one attached hydrogen (secondary N) is 1. The summed E-state index contributed by atoms with van der Waals surface area (Å²) in [5.41, 5.74) is 1.31. The van der Waals surface area contributed by atoms with Gasteiger partial charge in [0.15, 0.2) is 0 Å². The van der Waals surface area contributed by atoms with E-state index >= 15 is 0 Å². The number of hydrogen-bond donors (Lipinski definition) is 2. The number of rotatable bonds is 5. The smallest absolute Gasteiger partial charge is 0.433 e. The average molecular weight is 481 g/mol. The Kier molecular flexibility index (Phi) is 6.11. The van der Waals surface area contributed by atoms with Crippen LogP contribution in [0.5, 0.6) is 0 Å². The van der Waals surface area contributed by atoms with E-state index in [1.807, 2.05) is 33.9 Å². The summed E-state index contributed by atoms with van der Waals surface area (Å²) in [5.74, 6) is -2.13. The van der Waals surface area contributed by atoms with Crippen LogP contribution >= 0.6 is 0 Å². The summed E-state index contributed by atoms with van der Waals surface area (Å²) >= 11 is 0. The normalized spacial score (nSPS) is 12.7. The van der Waals surface area contributed by atoms with Gasteiger partial charge in [-0.2, -0.15) is 18.3 Å². The van der Waals surface area contributed by atoms with Crippen molar-refractivity contribution in [1.82, 2.24) is 14.8 Å². The number of aromatic carboxylic acids is 1. The maximum Gasteiger partial charge on any atom is 0.433 e. The van der Waals surface area contributed by atoms with Crippen molar-refractivity contribution in [3.8, 4) is 0 Å². The Morgan fingerprint density at radius 3 is 2.39 bits per heavy atom. The van der Waals surface area contributed by atoms with E-state index in [0.717, 1.165) is 22.9 Å². The van der Waals surface area contributed by atoms with Gasteiger partial charge in [-0.15, -0.1) is 0 Å². The average Bonchev–Trinajstić information content (AvgIpc) is 3.12. The van der Waals surface area contributed by atoms with E-state index in [4.69, 9.17) is 4.53 Å². The van der Waals surface area contributed by atoms with Crippen molar-refractivity contribution in [2.45, 2.75) is 45.1 Å². The van der Waals surface area contributed by atoms with E-state index in [-0.39, 0.29) is 21.8 Å². The van der Waals surface area contributed by atoms with Gasteiger partial charge in [-0.05, 0) is 42.4 Å². The zero-order chi connectivity index (χ0) is 24.8. The Labute approximate surface area is 188 Å². The largest absolute Gasteiger partial charge is 0.478 e. The maximum absolute atomic E-state index is 12.9. The zero-order valence-electron chi connectivity index (χ0n) is 18.6. The second-order valence-corrected chi connectivity index (χ2v) is 13.7. The number of nitrogens with zero attached hydrogens (tertiary/aromatic N) is 3. The van der Waals surface area contributed by atoms with Gasteiger partial charge in [0, 0.05) is 11.6 Å². The summed E-state index contributed by atoms with van der Waals surface area (Å²) in [6, 6.07) is 5.71. The Balaban J connectivity index is 1.98. The van der Waals surface area contributed by atoms with Crippen LogP contribution in [0.25, 0.3) is 10.9 Å². The highest BCUT2D eigenvalue weighted by molar-refractivity contribution is 6.74. The lowest BCUT2D eigenvalue weighted by Gasteiger charge is -2.35. The summed E-state index contributed by atoms with van der Waals surface area (Å²) in [7, 11) is -2.27. The molecule has 0 aliphatic heterocycles. The number of anilines is 1. The minimum Gasteiger partial charge on any atom is -0.478 e. The van der Waals surface area contributed by atoms with Crippen LogP contribution in [0, 0.1) is 0 Å². The maximum atomic E-state index is 12.9. The van der Waals surface area contributed by atoms with Crippen molar-refractivity contribution in [1.29, 1.82) is 0 Å². The second kappa shape index (κ2) is 8.27. The Morgan fingerprint density at radius 2 is 1.82 bits per heavy atom. The summed E-state index contributed by atoms with van der Waals surface area (Å²) in [6.07, 6.45) is -3.41. The predicted molar refractivity (Wildman–Crippen MR) is 118 cm³/mol. The molecule has 176 valence electrons.